The summed E-state index contributed by atoms with van der Waals surface area (Å²) in [6.07, 6.45) is 7.10. The van der Waals surface area contributed by atoms with Crippen molar-refractivity contribution in [3.05, 3.63) is 0 Å². The molecule has 72 valence electrons. The highest BCUT2D eigenvalue weighted by molar-refractivity contribution is 5.84. The van der Waals surface area contributed by atoms with Gasteiger partial charge in [-0.15, -0.1) is 6.42 Å². The fourth-order valence-corrected chi connectivity index (χ4v) is 1.51. The largest absolute Gasteiger partial charge is 0.330 e. The first-order chi connectivity index (χ1) is 6.29. The van der Waals surface area contributed by atoms with E-state index in [0.717, 1.165) is 25.9 Å². The Balaban J connectivity index is 2.37. The summed E-state index contributed by atoms with van der Waals surface area (Å²) in [6, 6.07) is 0.00769. The maximum Gasteiger partial charge on any atom is 0.240 e. The molecule has 0 aromatic heterocycles. The number of hydrogen-bond donors (Lipinski definition) is 1. The number of likely N-dealkylation sites (tertiary alicyclic amines) is 1. The molecule has 0 spiro atoms. The number of nitrogens with one attached hydrogen (secondary N) is 1. The quantitative estimate of drug-likeness (QED) is 0.628. The predicted octanol–water partition coefficient (Wildman–Crippen LogP) is 0.220. The van der Waals surface area contributed by atoms with E-state index in [0.29, 0.717) is 6.54 Å². The lowest BCUT2D eigenvalue weighted by Crippen LogP contribution is -2.38. The third kappa shape index (κ3) is 2.46. The van der Waals surface area contributed by atoms with E-state index in [1.807, 2.05) is 0 Å². The Morgan fingerprint density at radius 1 is 1.77 bits per heavy atom. The first-order valence-electron chi connectivity index (χ1n) is 4.75. The second-order valence-electron chi connectivity index (χ2n) is 3.26. The standard InChI is InChI=1S/C10H16N2O/c1-3-6-11-9-5-8-12(7-4-2)10(9)13/h2,9,11H,3,5-8H2,1H3. The molecular weight excluding hydrogens is 164 g/mol. The van der Waals surface area contributed by atoms with Crippen LogP contribution in [0, 0.1) is 12.3 Å². The number of hydrogen-bond acceptors (Lipinski definition) is 2. The number of amides is 1. The summed E-state index contributed by atoms with van der Waals surface area (Å²) < 4.78 is 0. The van der Waals surface area contributed by atoms with Crippen LogP contribution in [-0.4, -0.2) is 36.5 Å². The van der Waals surface area contributed by atoms with Gasteiger partial charge in [0.2, 0.25) is 5.91 Å². The number of rotatable bonds is 4. The highest BCUT2D eigenvalue weighted by atomic mass is 16.2. The number of carbonyl (C=O) groups excluding carboxylic acids is 1. The Hall–Kier alpha value is -1.01. The van der Waals surface area contributed by atoms with Crippen LogP contribution in [0.2, 0.25) is 0 Å². The topological polar surface area (TPSA) is 32.3 Å². The van der Waals surface area contributed by atoms with Crippen molar-refractivity contribution in [2.24, 2.45) is 0 Å². The summed E-state index contributed by atoms with van der Waals surface area (Å²) in [6.45, 7) is 4.24. The van der Waals surface area contributed by atoms with Gasteiger partial charge in [0.25, 0.3) is 0 Å². The summed E-state index contributed by atoms with van der Waals surface area (Å²) in [7, 11) is 0. The van der Waals surface area contributed by atoms with Gasteiger partial charge in [-0.05, 0) is 19.4 Å². The summed E-state index contributed by atoms with van der Waals surface area (Å²) >= 11 is 0. The maximum absolute atomic E-state index is 11.6. The number of nitrogens with zero attached hydrogens (tertiary/aromatic N) is 1. The third-order valence-electron chi connectivity index (χ3n) is 2.22. The molecule has 1 atom stereocenters. The summed E-state index contributed by atoms with van der Waals surface area (Å²) in [5.41, 5.74) is 0. The molecule has 13 heavy (non-hydrogen) atoms. The van der Waals surface area contributed by atoms with Crippen LogP contribution in [0.3, 0.4) is 0 Å². The van der Waals surface area contributed by atoms with E-state index in [1.165, 1.54) is 0 Å². The molecule has 1 heterocycles. The molecule has 3 heteroatoms. The molecule has 1 rings (SSSR count). The molecule has 3 nitrogen and oxygen atoms in total. The monoisotopic (exact) mass is 180 g/mol. The number of carbonyl (C=O) groups is 1. The minimum Gasteiger partial charge on any atom is -0.330 e. The lowest BCUT2D eigenvalue weighted by molar-refractivity contribution is -0.128. The fourth-order valence-electron chi connectivity index (χ4n) is 1.51. The van der Waals surface area contributed by atoms with E-state index in [1.54, 1.807) is 4.90 Å². The van der Waals surface area contributed by atoms with E-state index in [9.17, 15) is 4.79 Å². The molecule has 1 saturated heterocycles. The van der Waals surface area contributed by atoms with Crippen molar-refractivity contribution in [3.8, 4) is 12.3 Å². The molecule has 0 radical (unpaired) electrons. The van der Waals surface area contributed by atoms with Crippen LogP contribution in [0.15, 0.2) is 0 Å². The minimum absolute atomic E-state index is 0.00769. The van der Waals surface area contributed by atoms with Crippen LogP contribution >= 0.6 is 0 Å². The van der Waals surface area contributed by atoms with Crippen LogP contribution in [0.25, 0.3) is 0 Å². The van der Waals surface area contributed by atoms with E-state index in [-0.39, 0.29) is 11.9 Å². The normalized spacial score (nSPS) is 22.0. The Morgan fingerprint density at radius 3 is 3.15 bits per heavy atom. The first kappa shape index (κ1) is 10.1. The van der Waals surface area contributed by atoms with Crippen molar-refractivity contribution in [1.29, 1.82) is 0 Å². The predicted molar refractivity (Wildman–Crippen MR) is 52.1 cm³/mol. The molecule has 1 unspecified atom stereocenters. The van der Waals surface area contributed by atoms with Gasteiger partial charge in [-0.25, -0.2) is 0 Å². The molecular formula is C10H16N2O. The zero-order chi connectivity index (χ0) is 9.68. The Kier molecular flexibility index (Phi) is 3.78. The molecule has 1 aliphatic heterocycles. The van der Waals surface area contributed by atoms with Gasteiger partial charge >= 0.3 is 0 Å². The van der Waals surface area contributed by atoms with Gasteiger partial charge in [-0.3, -0.25) is 4.79 Å². The molecule has 0 aromatic carbocycles. The highest BCUT2D eigenvalue weighted by Gasteiger charge is 2.29. The lowest BCUT2D eigenvalue weighted by Gasteiger charge is -2.13. The third-order valence-corrected chi connectivity index (χ3v) is 2.22. The van der Waals surface area contributed by atoms with Crippen LogP contribution < -0.4 is 5.32 Å². The average molecular weight is 180 g/mol. The summed E-state index contributed by atoms with van der Waals surface area (Å²) in [4.78, 5) is 13.3. The van der Waals surface area contributed by atoms with Gasteiger partial charge in [0.15, 0.2) is 0 Å². The van der Waals surface area contributed by atoms with Crippen LogP contribution in [0.1, 0.15) is 19.8 Å². The van der Waals surface area contributed by atoms with E-state index in [4.69, 9.17) is 6.42 Å². The van der Waals surface area contributed by atoms with Gasteiger partial charge in [-0.1, -0.05) is 12.8 Å². The molecule has 1 N–H and O–H groups in total. The van der Waals surface area contributed by atoms with Crippen LogP contribution in [0.4, 0.5) is 0 Å². The Bertz CT molecular complexity index is 219. The highest BCUT2D eigenvalue weighted by Crippen LogP contribution is 2.09. The Morgan fingerprint density at radius 2 is 2.54 bits per heavy atom. The lowest BCUT2D eigenvalue weighted by atomic mass is 10.2. The minimum atomic E-state index is 0.00769. The molecule has 1 amide bonds. The van der Waals surface area contributed by atoms with Gasteiger partial charge in [-0.2, -0.15) is 0 Å². The van der Waals surface area contributed by atoms with Crippen molar-refractivity contribution < 1.29 is 4.79 Å². The van der Waals surface area contributed by atoms with Gasteiger partial charge in [0.1, 0.15) is 0 Å². The summed E-state index contributed by atoms with van der Waals surface area (Å²) in [5, 5.41) is 3.21. The van der Waals surface area contributed by atoms with Gasteiger partial charge < -0.3 is 10.2 Å². The molecule has 0 bridgehead atoms. The SMILES string of the molecule is C#CCN1CCC(NCCC)C1=O. The second kappa shape index (κ2) is 4.88. The number of terminal acetylenes is 1. The van der Waals surface area contributed by atoms with E-state index < -0.39 is 0 Å². The van der Waals surface area contributed by atoms with Crippen molar-refractivity contribution >= 4 is 5.91 Å². The van der Waals surface area contributed by atoms with Crippen molar-refractivity contribution in [3.63, 3.8) is 0 Å². The van der Waals surface area contributed by atoms with Crippen LogP contribution in [0.5, 0.6) is 0 Å². The molecule has 0 saturated carbocycles. The molecule has 0 aliphatic carbocycles. The van der Waals surface area contributed by atoms with Gasteiger partial charge in [0, 0.05) is 6.54 Å². The average Bonchev–Trinajstić information content (AvgIpc) is 2.46. The Labute approximate surface area is 79.5 Å². The zero-order valence-electron chi connectivity index (χ0n) is 8.05. The fraction of sp³-hybridized carbons (Fsp3) is 0.700. The first-order valence-corrected chi connectivity index (χ1v) is 4.75. The molecule has 1 fully saturated rings. The van der Waals surface area contributed by atoms with E-state index >= 15 is 0 Å². The van der Waals surface area contributed by atoms with E-state index in [2.05, 4.69) is 18.2 Å². The van der Waals surface area contributed by atoms with Crippen molar-refractivity contribution in [1.82, 2.24) is 10.2 Å². The second-order valence-corrected chi connectivity index (χ2v) is 3.26. The van der Waals surface area contributed by atoms with Crippen molar-refractivity contribution in [2.45, 2.75) is 25.8 Å². The molecule has 1 aliphatic rings. The summed E-state index contributed by atoms with van der Waals surface area (Å²) in [5.74, 6) is 2.65. The zero-order valence-corrected chi connectivity index (χ0v) is 8.05. The van der Waals surface area contributed by atoms with Gasteiger partial charge in [0.05, 0.1) is 12.6 Å². The maximum atomic E-state index is 11.6. The van der Waals surface area contributed by atoms with Crippen LogP contribution in [-0.2, 0) is 4.79 Å². The molecule has 0 aromatic rings. The smallest absolute Gasteiger partial charge is 0.240 e. The van der Waals surface area contributed by atoms with Crippen molar-refractivity contribution in [2.75, 3.05) is 19.6 Å².